The van der Waals surface area contributed by atoms with Crippen molar-refractivity contribution >= 4 is 18.0 Å². The van der Waals surface area contributed by atoms with Crippen molar-refractivity contribution in [1.82, 2.24) is 10.2 Å². The zero-order valence-electron chi connectivity index (χ0n) is 20.2. The van der Waals surface area contributed by atoms with Crippen molar-refractivity contribution in [3.8, 4) is 11.1 Å². The molecule has 0 radical (unpaired) electrons. The third kappa shape index (κ3) is 5.84. The molecule has 35 heavy (non-hydrogen) atoms. The first-order chi connectivity index (χ1) is 17.0. The Balaban J connectivity index is 1.29. The van der Waals surface area contributed by atoms with Crippen molar-refractivity contribution in [3.05, 3.63) is 59.7 Å². The number of nitrogens with zero attached hydrogens (tertiary/aromatic N) is 1. The van der Waals surface area contributed by atoms with E-state index in [0.717, 1.165) is 17.5 Å². The van der Waals surface area contributed by atoms with Crippen molar-refractivity contribution in [2.75, 3.05) is 26.2 Å². The van der Waals surface area contributed by atoms with Gasteiger partial charge in [0.2, 0.25) is 5.91 Å². The Bertz CT molecular complexity index is 1020. The molecule has 186 valence electrons. The first-order valence-electron chi connectivity index (χ1n) is 12.6. The van der Waals surface area contributed by atoms with E-state index in [1.54, 1.807) is 0 Å². The Morgan fingerprint density at radius 1 is 1.03 bits per heavy atom. The van der Waals surface area contributed by atoms with Crippen molar-refractivity contribution in [3.63, 3.8) is 0 Å². The summed E-state index contributed by atoms with van der Waals surface area (Å²) in [5, 5.41) is 11.8. The highest BCUT2D eigenvalue weighted by molar-refractivity contribution is 5.80. The van der Waals surface area contributed by atoms with Gasteiger partial charge >= 0.3 is 12.1 Å². The number of nitrogens with one attached hydrogen (secondary N) is 1. The highest BCUT2D eigenvalue weighted by atomic mass is 16.5. The van der Waals surface area contributed by atoms with Crippen LogP contribution < -0.4 is 5.32 Å². The van der Waals surface area contributed by atoms with Gasteiger partial charge in [-0.2, -0.15) is 0 Å². The van der Waals surface area contributed by atoms with E-state index in [1.165, 1.54) is 11.1 Å². The number of ether oxygens (including phenoxy) is 1. The maximum atomic E-state index is 13.1. The smallest absolute Gasteiger partial charge is 0.407 e. The number of alkyl carbamates (subject to hydrolysis) is 1. The number of carbonyl (C=O) groups excluding carboxylic acids is 2. The normalized spacial score (nSPS) is 16.3. The summed E-state index contributed by atoms with van der Waals surface area (Å²) in [6.07, 6.45) is 2.56. The number of hydrogen-bond donors (Lipinski definition) is 2. The second-order valence-electron chi connectivity index (χ2n) is 9.56. The van der Waals surface area contributed by atoms with E-state index in [4.69, 9.17) is 9.84 Å². The van der Waals surface area contributed by atoms with Crippen LogP contribution in [0, 0.1) is 11.8 Å². The topological polar surface area (TPSA) is 95.9 Å². The average Bonchev–Trinajstić information content (AvgIpc) is 3.18. The van der Waals surface area contributed by atoms with Gasteiger partial charge in [-0.05, 0) is 47.4 Å². The number of likely N-dealkylation sites (tertiary alicyclic amines) is 1. The van der Waals surface area contributed by atoms with Crippen molar-refractivity contribution < 1.29 is 24.2 Å². The molecule has 0 bridgehead atoms. The average molecular weight is 479 g/mol. The minimum absolute atomic E-state index is 0.00619. The molecule has 1 fully saturated rings. The summed E-state index contributed by atoms with van der Waals surface area (Å²) >= 11 is 0. The molecule has 4 rings (SSSR count). The van der Waals surface area contributed by atoms with Gasteiger partial charge in [0, 0.05) is 32.0 Å². The monoisotopic (exact) mass is 478 g/mol. The van der Waals surface area contributed by atoms with Gasteiger partial charge in [-0.25, -0.2) is 4.79 Å². The largest absolute Gasteiger partial charge is 0.481 e. The van der Waals surface area contributed by atoms with Crippen LogP contribution in [0.3, 0.4) is 0 Å². The van der Waals surface area contributed by atoms with Gasteiger partial charge in [-0.1, -0.05) is 61.9 Å². The number of hydrogen-bond acceptors (Lipinski definition) is 4. The Morgan fingerprint density at radius 2 is 1.63 bits per heavy atom. The van der Waals surface area contributed by atoms with Crippen LogP contribution in [0.15, 0.2) is 48.5 Å². The number of aliphatic carboxylic acids is 1. The fraction of sp³-hybridized carbons (Fsp3) is 0.464. The van der Waals surface area contributed by atoms with Gasteiger partial charge in [-0.3, -0.25) is 9.59 Å². The van der Waals surface area contributed by atoms with Gasteiger partial charge in [0.1, 0.15) is 6.61 Å². The maximum absolute atomic E-state index is 13.1. The Kier molecular flexibility index (Phi) is 8.06. The lowest BCUT2D eigenvalue weighted by molar-refractivity contribution is -0.139. The molecule has 1 unspecified atom stereocenters. The van der Waals surface area contributed by atoms with Gasteiger partial charge in [0.15, 0.2) is 0 Å². The first-order valence-corrected chi connectivity index (χ1v) is 12.6. The molecule has 1 aliphatic heterocycles. The highest BCUT2D eigenvalue weighted by Gasteiger charge is 2.31. The fourth-order valence-electron chi connectivity index (χ4n) is 5.38. The molecule has 1 saturated heterocycles. The van der Waals surface area contributed by atoms with E-state index in [1.807, 2.05) is 36.1 Å². The number of carboxylic acids is 1. The molecule has 1 heterocycles. The molecule has 2 N–H and O–H groups in total. The number of carboxylic acid groups (broad SMARTS) is 1. The zero-order valence-corrected chi connectivity index (χ0v) is 20.2. The van der Waals surface area contributed by atoms with Gasteiger partial charge < -0.3 is 20.1 Å². The van der Waals surface area contributed by atoms with Crippen LogP contribution in [-0.4, -0.2) is 54.2 Å². The minimum atomic E-state index is -0.786. The van der Waals surface area contributed by atoms with Gasteiger partial charge in [0.25, 0.3) is 0 Å². The molecular weight excluding hydrogens is 444 g/mol. The number of carbonyl (C=O) groups is 3. The molecule has 1 atom stereocenters. The SMILES string of the molecule is CCCC(CNC(=O)OCC1c2ccccc2-c2ccccc21)C(=O)N1CCC(CC(=O)O)CC1. The van der Waals surface area contributed by atoms with Crippen molar-refractivity contribution in [1.29, 1.82) is 0 Å². The Morgan fingerprint density at radius 3 is 2.20 bits per heavy atom. The summed E-state index contributed by atoms with van der Waals surface area (Å²) in [6.45, 7) is 3.64. The molecule has 2 aromatic carbocycles. The second kappa shape index (κ2) is 11.4. The lowest BCUT2D eigenvalue weighted by atomic mass is 9.92. The molecule has 0 spiro atoms. The van der Waals surface area contributed by atoms with Crippen LogP contribution in [0.5, 0.6) is 0 Å². The molecule has 7 nitrogen and oxygen atoms in total. The van der Waals surface area contributed by atoms with E-state index in [9.17, 15) is 14.4 Å². The van der Waals surface area contributed by atoms with Crippen LogP contribution in [-0.2, 0) is 14.3 Å². The number of benzene rings is 2. The zero-order chi connectivity index (χ0) is 24.8. The predicted octanol–water partition coefficient (Wildman–Crippen LogP) is 4.65. The predicted molar refractivity (Wildman–Crippen MR) is 133 cm³/mol. The third-order valence-electron chi connectivity index (χ3n) is 7.21. The number of rotatable bonds is 9. The standard InChI is InChI=1S/C28H34N2O5/c1-2-7-20(27(33)30-14-12-19(13-15-30)16-26(31)32)17-29-28(34)35-18-25-23-10-5-3-8-21(23)22-9-4-6-11-24(22)25/h3-6,8-11,19-20,25H,2,7,12-18H2,1H3,(H,29,34)(H,31,32). The minimum Gasteiger partial charge on any atom is -0.481 e. The first kappa shape index (κ1) is 24.8. The fourth-order valence-corrected chi connectivity index (χ4v) is 5.38. The van der Waals surface area contributed by atoms with Crippen LogP contribution >= 0.6 is 0 Å². The van der Waals surface area contributed by atoms with Crippen LogP contribution in [0.4, 0.5) is 4.79 Å². The maximum Gasteiger partial charge on any atom is 0.407 e. The molecule has 1 aliphatic carbocycles. The number of fused-ring (bicyclic) bond motifs is 3. The highest BCUT2D eigenvalue weighted by Crippen LogP contribution is 2.44. The summed E-state index contributed by atoms with van der Waals surface area (Å²) in [7, 11) is 0. The van der Waals surface area contributed by atoms with Crippen LogP contribution in [0.25, 0.3) is 11.1 Å². The van der Waals surface area contributed by atoms with Crippen LogP contribution in [0.1, 0.15) is 56.1 Å². The molecule has 0 saturated carbocycles. The quantitative estimate of drug-likeness (QED) is 0.547. The molecule has 0 aromatic heterocycles. The summed E-state index contributed by atoms with van der Waals surface area (Å²) in [6, 6.07) is 16.4. The summed E-state index contributed by atoms with van der Waals surface area (Å²) in [5.74, 6) is -0.949. The molecule has 2 amide bonds. The summed E-state index contributed by atoms with van der Waals surface area (Å²) in [4.78, 5) is 38.4. The van der Waals surface area contributed by atoms with E-state index in [2.05, 4.69) is 29.6 Å². The van der Waals surface area contributed by atoms with Gasteiger partial charge in [0.05, 0.1) is 5.92 Å². The van der Waals surface area contributed by atoms with E-state index < -0.39 is 12.1 Å². The molecular formula is C28H34N2O5. The van der Waals surface area contributed by atoms with Crippen molar-refractivity contribution in [2.24, 2.45) is 11.8 Å². The molecule has 2 aromatic rings. The van der Waals surface area contributed by atoms with Crippen LogP contribution in [0.2, 0.25) is 0 Å². The van der Waals surface area contributed by atoms with E-state index in [-0.39, 0.29) is 43.2 Å². The number of piperidine rings is 1. The molecule has 7 heteroatoms. The second-order valence-corrected chi connectivity index (χ2v) is 9.56. The Labute approximate surface area is 206 Å². The lowest BCUT2D eigenvalue weighted by Crippen LogP contribution is -2.45. The van der Waals surface area contributed by atoms with Crippen molar-refractivity contribution in [2.45, 2.75) is 44.9 Å². The van der Waals surface area contributed by atoms with Gasteiger partial charge in [-0.15, -0.1) is 0 Å². The van der Waals surface area contributed by atoms with E-state index >= 15 is 0 Å². The number of amides is 2. The molecule has 2 aliphatic rings. The van der Waals surface area contributed by atoms with E-state index in [0.29, 0.717) is 32.4 Å². The third-order valence-corrected chi connectivity index (χ3v) is 7.21. The lowest BCUT2D eigenvalue weighted by Gasteiger charge is -2.34. The summed E-state index contributed by atoms with van der Waals surface area (Å²) in [5.41, 5.74) is 4.68. The summed E-state index contributed by atoms with van der Waals surface area (Å²) < 4.78 is 5.61. The Hall–Kier alpha value is -3.35.